The average Bonchev–Trinajstić information content (AvgIpc) is 3.31. The van der Waals surface area contributed by atoms with Gasteiger partial charge in [-0.25, -0.2) is 4.98 Å². The van der Waals surface area contributed by atoms with E-state index >= 15 is 0 Å². The van der Waals surface area contributed by atoms with Crippen molar-refractivity contribution in [3.05, 3.63) is 53.5 Å². The number of hydrogen-bond acceptors (Lipinski definition) is 5. The second-order valence-electron chi connectivity index (χ2n) is 6.51. The maximum absolute atomic E-state index is 13.0. The maximum Gasteiger partial charge on any atom is 0.274 e. The number of H-pyrrole nitrogens is 1. The molecule has 0 bridgehead atoms. The molecule has 4 rings (SSSR count). The molecule has 0 aromatic carbocycles. The number of nitrogens with one attached hydrogen (secondary N) is 1. The van der Waals surface area contributed by atoms with Gasteiger partial charge in [-0.1, -0.05) is 5.16 Å². The first kappa shape index (κ1) is 16.4. The van der Waals surface area contributed by atoms with Crippen molar-refractivity contribution >= 4 is 5.91 Å². The highest BCUT2D eigenvalue weighted by Crippen LogP contribution is 2.27. The quantitative estimate of drug-likeness (QED) is 0.730. The van der Waals surface area contributed by atoms with Gasteiger partial charge in [0.05, 0.1) is 5.56 Å². The van der Waals surface area contributed by atoms with Crippen LogP contribution in [0.4, 0.5) is 4.39 Å². The lowest BCUT2D eigenvalue weighted by Gasteiger charge is -2.31. The molecule has 0 radical (unpaired) electrons. The van der Waals surface area contributed by atoms with Crippen molar-refractivity contribution in [3.8, 4) is 11.6 Å². The van der Waals surface area contributed by atoms with Crippen LogP contribution in [0.1, 0.15) is 40.5 Å². The van der Waals surface area contributed by atoms with Gasteiger partial charge < -0.3 is 14.4 Å². The monoisotopic (exact) mass is 355 g/mol. The van der Waals surface area contributed by atoms with Crippen molar-refractivity contribution in [2.45, 2.75) is 25.7 Å². The second-order valence-corrected chi connectivity index (χ2v) is 6.51. The van der Waals surface area contributed by atoms with Gasteiger partial charge in [-0.3, -0.25) is 4.79 Å². The number of likely N-dealkylation sites (tertiary alicyclic amines) is 1. The number of carbonyl (C=O) groups excluding carboxylic acids is 1. The van der Waals surface area contributed by atoms with Crippen LogP contribution in [0.3, 0.4) is 0 Å². The molecule has 0 unspecified atom stereocenters. The zero-order valence-electron chi connectivity index (χ0n) is 14.3. The van der Waals surface area contributed by atoms with Crippen LogP contribution in [0.15, 0.2) is 35.1 Å². The fraction of sp³-hybridized carbons (Fsp3) is 0.333. The van der Waals surface area contributed by atoms with Crippen LogP contribution >= 0.6 is 0 Å². The zero-order valence-corrected chi connectivity index (χ0v) is 14.3. The maximum atomic E-state index is 13.0. The van der Waals surface area contributed by atoms with Crippen molar-refractivity contribution in [2.75, 3.05) is 13.1 Å². The Bertz CT molecular complexity index is 918. The van der Waals surface area contributed by atoms with Crippen LogP contribution in [-0.4, -0.2) is 44.0 Å². The Kier molecular flexibility index (Phi) is 4.24. The topological polar surface area (TPSA) is 87.9 Å². The van der Waals surface area contributed by atoms with Crippen LogP contribution in [0.5, 0.6) is 0 Å². The van der Waals surface area contributed by atoms with Gasteiger partial charge in [0.15, 0.2) is 5.82 Å². The van der Waals surface area contributed by atoms with Crippen molar-refractivity contribution in [2.24, 2.45) is 0 Å². The molecule has 1 atom stereocenters. The van der Waals surface area contributed by atoms with Crippen molar-refractivity contribution in [3.63, 3.8) is 0 Å². The SMILES string of the molecule is Cc1c[nH]c(-c2nc([C@H]3CCCN(C(=O)c4ccc(F)nc4)C3)no2)c1. The van der Waals surface area contributed by atoms with Gasteiger partial charge in [0.1, 0.15) is 5.69 Å². The number of nitrogens with zero attached hydrogens (tertiary/aromatic N) is 4. The van der Waals surface area contributed by atoms with E-state index in [1.54, 1.807) is 4.90 Å². The third-order valence-electron chi connectivity index (χ3n) is 4.55. The zero-order chi connectivity index (χ0) is 18.1. The van der Waals surface area contributed by atoms with E-state index in [1.165, 1.54) is 18.3 Å². The Morgan fingerprint density at radius 3 is 3.04 bits per heavy atom. The molecule has 7 nitrogen and oxygen atoms in total. The lowest BCUT2D eigenvalue weighted by atomic mass is 9.97. The van der Waals surface area contributed by atoms with Crippen LogP contribution in [0, 0.1) is 12.9 Å². The molecule has 0 aliphatic carbocycles. The number of rotatable bonds is 3. The largest absolute Gasteiger partial charge is 0.357 e. The smallest absolute Gasteiger partial charge is 0.274 e. The van der Waals surface area contributed by atoms with Crippen LogP contribution in [0.25, 0.3) is 11.6 Å². The number of piperidine rings is 1. The summed E-state index contributed by atoms with van der Waals surface area (Å²) in [6.07, 6.45) is 4.86. The van der Waals surface area contributed by atoms with Gasteiger partial charge in [-0.2, -0.15) is 9.37 Å². The summed E-state index contributed by atoms with van der Waals surface area (Å²) in [5.41, 5.74) is 2.24. The Balaban J connectivity index is 1.49. The van der Waals surface area contributed by atoms with Gasteiger partial charge >= 0.3 is 0 Å². The normalized spacial score (nSPS) is 17.5. The second kappa shape index (κ2) is 6.70. The van der Waals surface area contributed by atoms with E-state index in [2.05, 4.69) is 20.1 Å². The summed E-state index contributed by atoms with van der Waals surface area (Å²) in [6, 6.07) is 4.59. The number of hydrogen-bond donors (Lipinski definition) is 1. The third kappa shape index (κ3) is 3.22. The number of pyridine rings is 1. The fourth-order valence-electron chi connectivity index (χ4n) is 3.19. The molecule has 134 valence electrons. The average molecular weight is 355 g/mol. The van der Waals surface area contributed by atoms with E-state index in [-0.39, 0.29) is 11.8 Å². The number of amides is 1. The Morgan fingerprint density at radius 2 is 2.31 bits per heavy atom. The number of aromatic nitrogens is 4. The molecule has 1 saturated heterocycles. The highest BCUT2D eigenvalue weighted by Gasteiger charge is 2.29. The van der Waals surface area contributed by atoms with Gasteiger partial charge in [0.25, 0.3) is 11.8 Å². The minimum Gasteiger partial charge on any atom is -0.357 e. The van der Waals surface area contributed by atoms with E-state index in [0.717, 1.165) is 24.1 Å². The van der Waals surface area contributed by atoms with E-state index in [9.17, 15) is 9.18 Å². The summed E-state index contributed by atoms with van der Waals surface area (Å²) in [5.74, 6) is 0.291. The van der Waals surface area contributed by atoms with Crippen LogP contribution in [-0.2, 0) is 0 Å². The van der Waals surface area contributed by atoms with Gasteiger partial charge in [-0.05, 0) is 43.5 Å². The van der Waals surface area contributed by atoms with E-state index in [0.29, 0.717) is 30.4 Å². The molecule has 8 heteroatoms. The van der Waals surface area contributed by atoms with Crippen molar-refractivity contribution in [1.82, 2.24) is 25.0 Å². The Morgan fingerprint density at radius 1 is 1.42 bits per heavy atom. The van der Waals surface area contributed by atoms with Crippen LogP contribution < -0.4 is 0 Å². The minimum absolute atomic E-state index is 0.00895. The summed E-state index contributed by atoms with van der Waals surface area (Å²) in [7, 11) is 0. The first-order valence-electron chi connectivity index (χ1n) is 8.50. The predicted molar refractivity (Wildman–Crippen MR) is 90.9 cm³/mol. The molecular formula is C18H18FN5O2. The molecule has 1 amide bonds. The molecule has 0 saturated carbocycles. The van der Waals surface area contributed by atoms with E-state index in [4.69, 9.17) is 4.52 Å². The van der Waals surface area contributed by atoms with Gasteiger partial charge in [-0.15, -0.1) is 0 Å². The first-order chi connectivity index (χ1) is 12.6. The Labute approximate surface area is 149 Å². The fourth-order valence-corrected chi connectivity index (χ4v) is 3.19. The lowest BCUT2D eigenvalue weighted by molar-refractivity contribution is 0.0703. The third-order valence-corrected chi connectivity index (χ3v) is 4.55. The lowest BCUT2D eigenvalue weighted by Crippen LogP contribution is -2.39. The summed E-state index contributed by atoms with van der Waals surface area (Å²) in [6.45, 7) is 3.12. The van der Waals surface area contributed by atoms with Crippen LogP contribution in [0.2, 0.25) is 0 Å². The number of halogens is 1. The van der Waals surface area contributed by atoms with Crippen molar-refractivity contribution < 1.29 is 13.7 Å². The Hall–Kier alpha value is -3.03. The van der Waals surface area contributed by atoms with E-state index < -0.39 is 5.95 Å². The highest BCUT2D eigenvalue weighted by molar-refractivity contribution is 5.94. The molecule has 1 aliphatic rings. The molecule has 1 N–H and O–H groups in total. The highest BCUT2D eigenvalue weighted by atomic mass is 19.1. The predicted octanol–water partition coefficient (Wildman–Crippen LogP) is 2.93. The molecule has 0 spiro atoms. The minimum atomic E-state index is -0.600. The number of aryl methyl sites for hydroxylation is 1. The van der Waals surface area contributed by atoms with Gasteiger partial charge in [0, 0.05) is 31.4 Å². The summed E-state index contributed by atoms with van der Waals surface area (Å²) in [4.78, 5) is 25.5. The first-order valence-corrected chi connectivity index (χ1v) is 8.50. The summed E-state index contributed by atoms with van der Waals surface area (Å²) < 4.78 is 18.3. The molecule has 1 fully saturated rings. The molecule has 3 aromatic heterocycles. The number of aromatic amines is 1. The molecular weight excluding hydrogens is 337 g/mol. The summed E-state index contributed by atoms with van der Waals surface area (Å²) in [5, 5.41) is 4.10. The molecule has 3 aromatic rings. The standard InChI is InChI=1S/C18H18FN5O2/c1-11-7-14(20-8-11)17-22-16(23-26-17)13-3-2-6-24(10-13)18(25)12-4-5-15(19)21-9-12/h4-5,7-9,13,20H,2-3,6,10H2,1H3/t13-/m0/s1. The van der Waals surface area contributed by atoms with E-state index in [1.807, 2.05) is 19.2 Å². The van der Waals surface area contributed by atoms with Crippen molar-refractivity contribution in [1.29, 1.82) is 0 Å². The molecule has 4 heterocycles. The summed E-state index contributed by atoms with van der Waals surface area (Å²) >= 11 is 0. The number of carbonyl (C=O) groups is 1. The molecule has 26 heavy (non-hydrogen) atoms. The van der Waals surface area contributed by atoms with Gasteiger partial charge in [0.2, 0.25) is 5.95 Å². The molecule has 1 aliphatic heterocycles.